The van der Waals surface area contributed by atoms with Crippen molar-refractivity contribution in [3.63, 3.8) is 0 Å². The van der Waals surface area contributed by atoms with Crippen molar-refractivity contribution < 1.29 is 13.3 Å². The van der Waals surface area contributed by atoms with E-state index in [1.54, 1.807) is 0 Å². The van der Waals surface area contributed by atoms with Crippen LogP contribution in [-0.4, -0.2) is 28.3 Å². The molecule has 0 amide bonds. The third-order valence-corrected chi connectivity index (χ3v) is 4.24. The van der Waals surface area contributed by atoms with Gasteiger partial charge >= 0.3 is 9.53 Å². The summed E-state index contributed by atoms with van der Waals surface area (Å²) in [5, 5.41) is 0. The molecule has 0 saturated heterocycles. The summed E-state index contributed by atoms with van der Waals surface area (Å²) in [5.41, 5.74) is -0.138. The molecule has 4 heteroatoms. The summed E-state index contributed by atoms with van der Waals surface area (Å²) in [6.07, 6.45) is 2.08. The largest absolute Gasteiger partial charge is 0.578 e. The molecule has 1 radical (unpaired) electrons. The maximum atomic E-state index is 6.20. The Hall–Kier alpha value is 0.0969. The van der Waals surface area contributed by atoms with Crippen LogP contribution in [0.25, 0.3) is 0 Å². The van der Waals surface area contributed by atoms with E-state index in [1.165, 1.54) is 0 Å². The summed E-state index contributed by atoms with van der Waals surface area (Å²) in [6.45, 7) is 16.4. The lowest BCUT2D eigenvalue weighted by molar-refractivity contribution is -0.0206. The van der Waals surface area contributed by atoms with Crippen LogP contribution in [0.1, 0.15) is 61.3 Å². The second kappa shape index (κ2) is 9.07. The first-order valence-electron chi connectivity index (χ1n) is 7.14. The van der Waals surface area contributed by atoms with Gasteiger partial charge in [-0.2, -0.15) is 0 Å². The van der Waals surface area contributed by atoms with Crippen molar-refractivity contribution in [3.05, 3.63) is 0 Å². The van der Waals surface area contributed by atoms with Gasteiger partial charge in [-0.15, -0.1) is 0 Å². The fraction of sp³-hybridized carbons (Fsp3) is 1.00. The average molecular weight is 275 g/mol. The summed E-state index contributed by atoms with van der Waals surface area (Å²) in [7, 11) is -1.59. The minimum absolute atomic E-state index is 0.138. The molecule has 0 spiro atoms. The molecule has 3 nitrogen and oxygen atoms in total. The molecule has 0 aromatic heterocycles. The highest BCUT2D eigenvalue weighted by Crippen LogP contribution is 2.29. The van der Waals surface area contributed by atoms with Gasteiger partial charge in [0.05, 0.1) is 5.60 Å². The van der Waals surface area contributed by atoms with Gasteiger partial charge in [-0.25, -0.2) is 0 Å². The normalized spacial score (nSPS) is 13.0. The molecule has 0 unspecified atom stereocenters. The molecule has 0 atom stereocenters. The quantitative estimate of drug-likeness (QED) is 0.566. The van der Waals surface area contributed by atoms with Crippen molar-refractivity contribution >= 4 is 9.53 Å². The van der Waals surface area contributed by atoms with Gasteiger partial charge < -0.3 is 13.3 Å². The highest BCUT2D eigenvalue weighted by Gasteiger charge is 2.34. The Bertz CT molecular complexity index is 191. The predicted molar refractivity (Wildman–Crippen MR) is 77.4 cm³/mol. The second-order valence-electron chi connectivity index (χ2n) is 5.86. The van der Waals surface area contributed by atoms with Crippen molar-refractivity contribution in [2.24, 2.45) is 11.8 Å². The van der Waals surface area contributed by atoms with E-state index in [1.807, 2.05) is 13.8 Å². The monoisotopic (exact) mass is 275 g/mol. The van der Waals surface area contributed by atoms with Gasteiger partial charge in [0.2, 0.25) is 0 Å². The van der Waals surface area contributed by atoms with Crippen LogP contribution in [0.5, 0.6) is 0 Å². The highest BCUT2D eigenvalue weighted by molar-refractivity contribution is 6.36. The van der Waals surface area contributed by atoms with Crippen LogP contribution in [0.2, 0.25) is 0 Å². The Balaban J connectivity index is 4.61. The number of rotatable bonds is 10. The van der Waals surface area contributed by atoms with Crippen molar-refractivity contribution in [1.29, 1.82) is 0 Å². The Morgan fingerprint density at radius 2 is 1.28 bits per heavy atom. The lowest BCUT2D eigenvalue weighted by Crippen LogP contribution is -2.41. The van der Waals surface area contributed by atoms with Crippen molar-refractivity contribution in [2.45, 2.75) is 66.9 Å². The van der Waals surface area contributed by atoms with Crippen LogP contribution in [0.3, 0.4) is 0 Å². The summed E-state index contributed by atoms with van der Waals surface area (Å²) >= 11 is 0. The maximum Gasteiger partial charge on any atom is 0.578 e. The predicted octanol–water partition coefficient (Wildman–Crippen LogP) is 3.91. The molecule has 0 heterocycles. The molecule has 0 rings (SSSR count). The maximum absolute atomic E-state index is 6.20. The lowest BCUT2D eigenvalue weighted by atomic mass is 9.87. The summed E-state index contributed by atoms with van der Waals surface area (Å²) in [6, 6.07) is 0. The third kappa shape index (κ3) is 8.24. The fourth-order valence-electron chi connectivity index (χ4n) is 2.43. The molecule has 0 fully saturated rings. The molecule has 0 aromatic carbocycles. The van der Waals surface area contributed by atoms with E-state index < -0.39 is 9.53 Å². The van der Waals surface area contributed by atoms with Crippen LogP contribution >= 0.6 is 0 Å². The Kier molecular flexibility index (Phi) is 9.12. The van der Waals surface area contributed by atoms with Crippen molar-refractivity contribution in [2.75, 3.05) is 13.2 Å². The topological polar surface area (TPSA) is 27.7 Å². The molecule has 109 valence electrons. The number of hydrogen-bond donors (Lipinski definition) is 0. The van der Waals surface area contributed by atoms with Gasteiger partial charge in [-0.3, -0.25) is 0 Å². The van der Waals surface area contributed by atoms with Gasteiger partial charge in [0.15, 0.2) is 0 Å². The smallest absolute Gasteiger partial charge is 0.371 e. The van der Waals surface area contributed by atoms with Crippen LogP contribution in [0.15, 0.2) is 0 Å². The molecular weight excluding hydrogens is 244 g/mol. The molecule has 0 aliphatic heterocycles. The van der Waals surface area contributed by atoms with Crippen LogP contribution < -0.4 is 0 Å². The van der Waals surface area contributed by atoms with Gasteiger partial charge in [0, 0.05) is 13.2 Å². The summed E-state index contributed by atoms with van der Waals surface area (Å²) in [5.74, 6) is 1.22. The van der Waals surface area contributed by atoms with Gasteiger partial charge in [0.1, 0.15) is 0 Å². The molecule has 0 bridgehead atoms. The standard InChI is InChI=1S/C14H31O3Si/c1-8-15-18(16-9-2)17-14(7,10-12(3)4)11-13(5)6/h12-13H,8-11H2,1-7H3. The van der Waals surface area contributed by atoms with E-state index in [9.17, 15) is 0 Å². The summed E-state index contributed by atoms with van der Waals surface area (Å²) in [4.78, 5) is 0. The molecule has 0 aliphatic carbocycles. The molecule has 0 N–H and O–H groups in total. The zero-order chi connectivity index (χ0) is 14.2. The molecular formula is C14H31O3Si. The Labute approximate surface area is 115 Å². The first kappa shape index (κ1) is 18.1. The zero-order valence-corrected chi connectivity index (χ0v) is 14.2. The van der Waals surface area contributed by atoms with Crippen molar-refractivity contribution in [3.8, 4) is 0 Å². The molecule has 0 aromatic rings. The lowest BCUT2D eigenvalue weighted by Gasteiger charge is -2.35. The van der Waals surface area contributed by atoms with E-state index in [-0.39, 0.29) is 5.60 Å². The van der Waals surface area contributed by atoms with E-state index in [4.69, 9.17) is 13.3 Å². The van der Waals surface area contributed by atoms with E-state index in [2.05, 4.69) is 34.6 Å². The number of hydrogen-bond acceptors (Lipinski definition) is 3. The highest BCUT2D eigenvalue weighted by atomic mass is 28.3. The Morgan fingerprint density at radius 3 is 1.56 bits per heavy atom. The molecule has 18 heavy (non-hydrogen) atoms. The first-order chi connectivity index (χ1) is 8.33. The summed E-state index contributed by atoms with van der Waals surface area (Å²) < 4.78 is 17.4. The second-order valence-corrected chi connectivity index (χ2v) is 7.15. The van der Waals surface area contributed by atoms with Crippen LogP contribution in [0, 0.1) is 11.8 Å². The van der Waals surface area contributed by atoms with E-state index in [0.29, 0.717) is 25.0 Å². The SMILES string of the molecule is CCO[Si](OCC)OC(C)(CC(C)C)CC(C)C. The minimum Gasteiger partial charge on any atom is -0.371 e. The van der Waals surface area contributed by atoms with Gasteiger partial charge in [-0.05, 0) is 45.4 Å². The van der Waals surface area contributed by atoms with Crippen LogP contribution in [0.4, 0.5) is 0 Å². The molecule has 0 saturated carbocycles. The van der Waals surface area contributed by atoms with E-state index >= 15 is 0 Å². The van der Waals surface area contributed by atoms with Crippen LogP contribution in [-0.2, 0) is 13.3 Å². The minimum atomic E-state index is -1.59. The first-order valence-corrected chi connectivity index (χ1v) is 8.37. The zero-order valence-electron chi connectivity index (χ0n) is 13.2. The fourth-order valence-corrected chi connectivity index (χ4v) is 3.67. The van der Waals surface area contributed by atoms with Crippen molar-refractivity contribution in [1.82, 2.24) is 0 Å². The Morgan fingerprint density at radius 1 is 0.889 bits per heavy atom. The third-order valence-electron chi connectivity index (χ3n) is 2.53. The van der Waals surface area contributed by atoms with Gasteiger partial charge in [0.25, 0.3) is 0 Å². The van der Waals surface area contributed by atoms with E-state index in [0.717, 1.165) is 12.8 Å². The van der Waals surface area contributed by atoms with Gasteiger partial charge in [-0.1, -0.05) is 27.7 Å². The molecule has 0 aliphatic rings. The average Bonchev–Trinajstić information content (AvgIpc) is 2.14.